The molecule has 1 fully saturated rings. The van der Waals surface area contributed by atoms with Gasteiger partial charge in [0.15, 0.2) is 0 Å². The highest BCUT2D eigenvalue weighted by atomic mass is 32.2. The lowest BCUT2D eigenvalue weighted by Crippen LogP contribution is -2.43. The van der Waals surface area contributed by atoms with Crippen LogP contribution in [0, 0.1) is 11.8 Å². The molecule has 0 aromatic heterocycles. The van der Waals surface area contributed by atoms with Crippen LogP contribution in [-0.4, -0.2) is 23.1 Å². The zero-order chi connectivity index (χ0) is 12.8. The van der Waals surface area contributed by atoms with E-state index in [0.29, 0.717) is 0 Å². The molecule has 1 rings (SSSR count). The van der Waals surface area contributed by atoms with Crippen molar-refractivity contribution in [1.82, 2.24) is 5.32 Å². The first-order valence-electron chi connectivity index (χ1n) is 7.47. The van der Waals surface area contributed by atoms with Crippen molar-refractivity contribution in [2.75, 3.05) is 6.54 Å². The maximum absolute atomic E-state index is 3.70. The Kier molecular flexibility index (Phi) is 6.94. The molecule has 0 aromatic rings. The van der Waals surface area contributed by atoms with Crippen LogP contribution in [-0.2, 0) is 0 Å². The van der Waals surface area contributed by atoms with E-state index in [0.717, 1.165) is 34.9 Å². The van der Waals surface area contributed by atoms with Crippen molar-refractivity contribution in [1.29, 1.82) is 0 Å². The predicted molar refractivity (Wildman–Crippen MR) is 80.8 cm³/mol. The van der Waals surface area contributed by atoms with Gasteiger partial charge in [-0.15, -0.1) is 0 Å². The molecule has 1 N–H and O–H groups in total. The van der Waals surface area contributed by atoms with Gasteiger partial charge in [0.05, 0.1) is 0 Å². The van der Waals surface area contributed by atoms with Gasteiger partial charge >= 0.3 is 0 Å². The highest BCUT2D eigenvalue weighted by Crippen LogP contribution is 2.37. The van der Waals surface area contributed by atoms with Crippen LogP contribution < -0.4 is 5.32 Å². The van der Waals surface area contributed by atoms with Crippen LogP contribution in [0.1, 0.15) is 60.3 Å². The predicted octanol–water partition coefficient (Wildman–Crippen LogP) is 4.32. The van der Waals surface area contributed by atoms with Crippen LogP contribution >= 0.6 is 11.8 Å². The van der Waals surface area contributed by atoms with Crippen LogP contribution in [0.15, 0.2) is 0 Å². The van der Waals surface area contributed by atoms with E-state index in [1.165, 1.54) is 25.7 Å². The molecule has 0 saturated heterocycles. The van der Waals surface area contributed by atoms with Crippen molar-refractivity contribution in [3.05, 3.63) is 0 Å². The van der Waals surface area contributed by atoms with Gasteiger partial charge in [-0.05, 0) is 37.6 Å². The fourth-order valence-electron chi connectivity index (χ4n) is 2.66. The minimum atomic E-state index is 0.758. The monoisotopic (exact) mass is 257 g/mol. The maximum atomic E-state index is 3.70. The molecule has 0 radical (unpaired) electrons. The molecule has 4 unspecified atom stereocenters. The molecule has 0 spiro atoms. The highest BCUT2D eigenvalue weighted by molar-refractivity contribution is 8.00. The first-order chi connectivity index (χ1) is 8.08. The van der Waals surface area contributed by atoms with E-state index in [9.17, 15) is 0 Å². The zero-order valence-electron chi connectivity index (χ0n) is 12.3. The molecule has 1 saturated carbocycles. The minimum Gasteiger partial charge on any atom is -0.313 e. The summed E-state index contributed by atoms with van der Waals surface area (Å²) in [5.41, 5.74) is 0. The van der Waals surface area contributed by atoms with E-state index in [4.69, 9.17) is 0 Å². The fraction of sp³-hybridized carbons (Fsp3) is 1.00. The Labute approximate surface area is 113 Å². The van der Waals surface area contributed by atoms with Gasteiger partial charge in [0, 0.05) is 16.5 Å². The summed E-state index contributed by atoms with van der Waals surface area (Å²) in [6.45, 7) is 12.8. The Morgan fingerprint density at radius 1 is 1.18 bits per heavy atom. The first-order valence-corrected chi connectivity index (χ1v) is 8.41. The first kappa shape index (κ1) is 15.4. The molecule has 0 aliphatic heterocycles. The van der Waals surface area contributed by atoms with Gasteiger partial charge in [-0.3, -0.25) is 0 Å². The average Bonchev–Trinajstić information content (AvgIpc) is 2.31. The van der Waals surface area contributed by atoms with Crippen molar-refractivity contribution in [3.63, 3.8) is 0 Å². The summed E-state index contributed by atoms with van der Waals surface area (Å²) in [5.74, 6) is 1.77. The molecule has 4 atom stereocenters. The van der Waals surface area contributed by atoms with Gasteiger partial charge in [-0.2, -0.15) is 11.8 Å². The molecule has 0 heterocycles. The highest BCUT2D eigenvalue weighted by Gasteiger charge is 2.31. The van der Waals surface area contributed by atoms with Gasteiger partial charge in [0.1, 0.15) is 0 Å². The van der Waals surface area contributed by atoms with Crippen LogP contribution in [0.3, 0.4) is 0 Å². The van der Waals surface area contributed by atoms with E-state index < -0.39 is 0 Å². The number of hydrogen-bond acceptors (Lipinski definition) is 2. The molecule has 0 bridgehead atoms. The molecule has 1 nitrogen and oxygen atoms in total. The molecule has 2 heteroatoms. The largest absolute Gasteiger partial charge is 0.313 e. The SMILES string of the molecule is CCNC1CCC(CC)CC1SC(C)C(C)C. The van der Waals surface area contributed by atoms with E-state index >= 15 is 0 Å². The summed E-state index contributed by atoms with van der Waals surface area (Å²) in [6, 6.07) is 0.758. The average molecular weight is 257 g/mol. The topological polar surface area (TPSA) is 12.0 Å². The molecular weight excluding hydrogens is 226 g/mol. The third-order valence-corrected chi connectivity index (χ3v) is 6.12. The Balaban J connectivity index is 2.53. The number of nitrogens with one attached hydrogen (secondary N) is 1. The quantitative estimate of drug-likeness (QED) is 0.760. The molecular formula is C15H31NS. The summed E-state index contributed by atoms with van der Waals surface area (Å²) in [6.07, 6.45) is 5.61. The summed E-state index contributed by atoms with van der Waals surface area (Å²) >= 11 is 2.23. The molecule has 1 aliphatic carbocycles. The normalized spacial score (nSPS) is 31.8. The lowest BCUT2D eigenvalue weighted by Gasteiger charge is -2.38. The maximum Gasteiger partial charge on any atom is 0.0206 e. The number of thioether (sulfide) groups is 1. The summed E-state index contributed by atoms with van der Waals surface area (Å²) in [7, 11) is 0. The molecule has 17 heavy (non-hydrogen) atoms. The smallest absolute Gasteiger partial charge is 0.0206 e. The van der Waals surface area contributed by atoms with Crippen molar-refractivity contribution >= 4 is 11.8 Å². The zero-order valence-corrected chi connectivity index (χ0v) is 13.1. The van der Waals surface area contributed by atoms with Gasteiger partial charge in [0.25, 0.3) is 0 Å². The van der Waals surface area contributed by atoms with Crippen LogP contribution in [0.5, 0.6) is 0 Å². The second-order valence-corrected chi connectivity index (χ2v) is 7.50. The molecule has 1 aliphatic rings. The standard InChI is InChI=1S/C15H31NS/c1-6-13-8-9-14(16-7-2)15(10-13)17-12(5)11(3)4/h11-16H,6-10H2,1-5H3. The van der Waals surface area contributed by atoms with Gasteiger partial charge in [-0.25, -0.2) is 0 Å². The number of rotatable bonds is 6. The number of hydrogen-bond donors (Lipinski definition) is 1. The van der Waals surface area contributed by atoms with E-state index in [1.807, 2.05) is 0 Å². The second kappa shape index (κ2) is 7.68. The third-order valence-electron chi connectivity index (χ3n) is 4.27. The molecule has 0 amide bonds. The van der Waals surface area contributed by atoms with Gasteiger partial charge < -0.3 is 5.32 Å². The van der Waals surface area contributed by atoms with Gasteiger partial charge in [0.2, 0.25) is 0 Å². The van der Waals surface area contributed by atoms with Crippen molar-refractivity contribution < 1.29 is 0 Å². The second-order valence-electron chi connectivity index (χ2n) is 5.88. The van der Waals surface area contributed by atoms with Crippen molar-refractivity contribution in [2.45, 2.75) is 76.8 Å². The summed E-state index contributed by atoms with van der Waals surface area (Å²) in [5, 5.41) is 5.33. The fourth-order valence-corrected chi connectivity index (χ4v) is 4.33. The van der Waals surface area contributed by atoms with Crippen molar-refractivity contribution in [2.24, 2.45) is 11.8 Å². The summed E-state index contributed by atoms with van der Waals surface area (Å²) < 4.78 is 0. The van der Waals surface area contributed by atoms with Crippen LogP contribution in [0.4, 0.5) is 0 Å². The Morgan fingerprint density at radius 2 is 1.88 bits per heavy atom. The van der Waals surface area contributed by atoms with Gasteiger partial charge in [-0.1, -0.05) is 41.0 Å². The molecule has 102 valence electrons. The Morgan fingerprint density at radius 3 is 2.41 bits per heavy atom. The Hall–Kier alpha value is 0.310. The van der Waals surface area contributed by atoms with E-state index in [2.05, 4.69) is 51.7 Å². The Bertz CT molecular complexity index is 205. The minimum absolute atomic E-state index is 0.758. The van der Waals surface area contributed by atoms with Crippen LogP contribution in [0.25, 0.3) is 0 Å². The lowest BCUT2D eigenvalue weighted by molar-refractivity contribution is 0.297. The van der Waals surface area contributed by atoms with Crippen molar-refractivity contribution in [3.8, 4) is 0 Å². The van der Waals surface area contributed by atoms with E-state index in [1.54, 1.807) is 0 Å². The summed E-state index contributed by atoms with van der Waals surface area (Å²) in [4.78, 5) is 0. The van der Waals surface area contributed by atoms with E-state index in [-0.39, 0.29) is 0 Å². The van der Waals surface area contributed by atoms with Crippen LogP contribution in [0.2, 0.25) is 0 Å². The third kappa shape index (κ3) is 4.82. The molecule has 0 aromatic carbocycles. The lowest BCUT2D eigenvalue weighted by atomic mass is 9.84.